The van der Waals surface area contributed by atoms with Crippen molar-refractivity contribution < 1.29 is 86.9 Å². The van der Waals surface area contributed by atoms with Crippen LogP contribution in [0.5, 0.6) is 11.5 Å². The highest BCUT2D eigenvalue weighted by molar-refractivity contribution is 7.92. The van der Waals surface area contributed by atoms with E-state index in [0.717, 1.165) is 49.6 Å². The van der Waals surface area contributed by atoms with E-state index >= 15 is 0 Å². The summed E-state index contributed by atoms with van der Waals surface area (Å²) in [5, 5.41) is 28.3. The molecule has 25 nitrogen and oxygen atoms in total. The van der Waals surface area contributed by atoms with Crippen LogP contribution in [0.15, 0.2) is 95.8 Å². The van der Waals surface area contributed by atoms with Gasteiger partial charge in [-0.2, -0.15) is 33.7 Å². The molecule has 0 spiro atoms. The lowest BCUT2D eigenvalue weighted by Gasteiger charge is -2.14. The Morgan fingerprint density at radius 1 is 0.610 bits per heavy atom. The average Bonchev–Trinajstić information content (AvgIpc) is 3.10. The number of aromatic hydroxyl groups is 1. The monoisotopic (exact) mass is 947 g/mol. The molecule has 0 atom stereocenters. The van der Waals surface area contributed by atoms with Crippen molar-refractivity contribution in [2.24, 2.45) is 20.5 Å². The summed E-state index contributed by atoms with van der Waals surface area (Å²) in [4.78, 5) is -2.25. The molecule has 4 aromatic rings. The summed E-state index contributed by atoms with van der Waals surface area (Å²) in [7, 11) is -27.8. The van der Waals surface area contributed by atoms with Gasteiger partial charge in [0.05, 0.1) is 47.3 Å². The van der Waals surface area contributed by atoms with Crippen LogP contribution in [0, 0.1) is 0 Å². The lowest BCUT2D eigenvalue weighted by atomic mass is 10.1. The summed E-state index contributed by atoms with van der Waals surface area (Å²) in [6.45, 7) is -1.99. The van der Waals surface area contributed by atoms with Crippen molar-refractivity contribution in [3.05, 3.63) is 60.7 Å². The molecule has 0 bridgehead atoms. The minimum atomic E-state index is -5.40. The number of azo groups is 2. The van der Waals surface area contributed by atoms with Crippen LogP contribution < -0.4 is 10.1 Å². The second-order valence-electron chi connectivity index (χ2n) is 11.3. The molecular weight excluding hydrogens is 919 g/mol. The van der Waals surface area contributed by atoms with Crippen LogP contribution in [0.4, 0.5) is 28.4 Å². The summed E-state index contributed by atoms with van der Waals surface area (Å²) in [6, 6.07) is 10.5. The molecule has 0 saturated heterocycles. The van der Waals surface area contributed by atoms with Gasteiger partial charge in [-0.1, -0.05) is 12.1 Å². The third-order valence-corrected chi connectivity index (χ3v) is 13.0. The Hall–Kier alpha value is -4.80. The minimum absolute atomic E-state index is 0.166. The van der Waals surface area contributed by atoms with Crippen LogP contribution in [-0.4, -0.2) is 112 Å². The molecule has 0 saturated carbocycles. The normalized spacial score (nSPS) is 13.4. The summed E-state index contributed by atoms with van der Waals surface area (Å²) in [5.74, 6) is -4.32. The third-order valence-electron chi connectivity index (χ3n) is 7.32. The first-order chi connectivity index (χ1) is 27.1. The third kappa shape index (κ3) is 12.8. The number of hydrogen-bond acceptors (Lipinski definition) is 21. The molecule has 0 radical (unpaired) electrons. The molecule has 59 heavy (non-hydrogen) atoms. The summed E-state index contributed by atoms with van der Waals surface area (Å²) in [5.41, 5.74) is -2.66. The molecule has 0 fully saturated rings. The maximum Gasteiger partial charge on any atom is 0.397 e. The van der Waals surface area contributed by atoms with Crippen LogP contribution in [0.2, 0.25) is 0 Å². The Kier molecular flexibility index (Phi) is 14.2. The van der Waals surface area contributed by atoms with Crippen molar-refractivity contribution >= 4 is 99.9 Å². The van der Waals surface area contributed by atoms with E-state index < -0.39 is 140 Å². The van der Waals surface area contributed by atoms with E-state index in [0.29, 0.717) is 6.07 Å². The quantitative estimate of drug-likeness (QED) is 0.0581. The molecule has 322 valence electrons. The number of hydrogen-bond donors (Lipinski definition) is 6. The number of nitrogens with one attached hydrogen (secondary N) is 1. The van der Waals surface area contributed by atoms with Gasteiger partial charge in [-0.15, -0.1) is 20.5 Å². The number of benzene rings is 4. The van der Waals surface area contributed by atoms with E-state index in [-0.39, 0.29) is 16.8 Å². The number of fused-ring (bicyclic) bond motifs is 1. The van der Waals surface area contributed by atoms with E-state index in [1.807, 2.05) is 0 Å². The number of ether oxygens (including phenoxy) is 1. The van der Waals surface area contributed by atoms with Crippen molar-refractivity contribution in [2.45, 2.75) is 14.7 Å². The maximum atomic E-state index is 13.0. The maximum absolute atomic E-state index is 13.0. The summed E-state index contributed by atoms with van der Waals surface area (Å²) < 4.78 is 194. The SMILES string of the molecule is COc1ccc(S(=O)(=O)CCOS(=O)(=O)O)cc1N=Nc1c(S(=O)(=O)O)cc2c(N=Nc3ccccc3S(=O)(=O)CCOS(=O)(=O)O)c(NCS(=O)(=O)O)ccc2c1O. The summed E-state index contributed by atoms with van der Waals surface area (Å²) in [6.07, 6.45) is 0. The van der Waals surface area contributed by atoms with E-state index in [2.05, 4.69) is 34.1 Å². The first-order valence-corrected chi connectivity index (χ1v) is 24.5. The fraction of sp³-hybridized carbons (Fsp3) is 0.214. The number of anilines is 1. The first kappa shape index (κ1) is 46.9. The topological polar surface area (TPSA) is 395 Å². The van der Waals surface area contributed by atoms with E-state index in [1.54, 1.807) is 0 Å². The fourth-order valence-electron chi connectivity index (χ4n) is 4.79. The van der Waals surface area contributed by atoms with E-state index in [1.165, 1.54) is 12.1 Å². The Balaban J connectivity index is 1.91. The zero-order valence-corrected chi connectivity index (χ0v) is 34.3. The van der Waals surface area contributed by atoms with Gasteiger partial charge >= 0.3 is 20.8 Å². The van der Waals surface area contributed by atoms with E-state index in [9.17, 15) is 64.7 Å². The van der Waals surface area contributed by atoms with Gasteiger partial charge in [0.1, 0.15) is 39.3 Å². The van der Waals surface area contributed by atoms with Crippen molar-refractivity contribution in [2.75, 3.05) is 43.0 Å². The molecule has 0 heterocycles. The Bertz CT molecular complexity index is 3030. The minimum Gasteiger partial charge on any atom is -0.505 e. The van der Waals surface area contributed by atoms with Gasteiger partial charge in [0.15, 0.2) is 25.4 Å². The zero-order chi connectivity index (χ0) is 44.2. The average molecular weight is 948 g/mol. The van der Waals surface area contributed by atoms with Gasteiger partial charge < -0.3 is 15.2 Å². The van der Waals surface area contributed by atoms with Gasteiger partial charge in [0, 0.05) is 10.8 Å². The van der Waals surface area contributed by atoms with Gasteiger partial charge in [0.2, 0.25) is 0 Å². The molecule has 0 amide bonds. The molecule has 0 unspecified atom stereocenters. The van der Waals surface area contributed by atoms with Crippen LogP contribution in [0.25, 0.3) is 10.8 Å². The zero-order valence-electron chi connectivity index (χ0n) is 29.4. The number of methoxy groups -OCH3 is 1. The second-order valence-corrected chi connectivity index (χ2v) is 20.6. The standard InChI is InChI=1S/C28H29N5O20S6/c1-51-23-9-6-17(54(35,36)12-10-52-58(45,46)47)14-22(23)31-33-27-25(57(42,43)44)15-19-18(28(27)34)7-8-21(29-16-56(39,40)41)26(19)32-30-20-4-2-3-5-24(20)55(37,38)13-11-53-59(48,49)50/h2-9,14-15,29,34H,10-13,16H2,1H3,(H,39,40,41)(H,42,43,44)(H,45,46,47)(H,48,49,50). The predicted octanol–water partition coefficient (Wildman–Crippen LogP) is 3.07. The summed E-state index contributed by atoms with van der Waals surface area (Å²) >= 11 is 0. The predicted molar refractivity (Wildman–Crippen MR) is 202 cm³/mol. The lowest BCUT2D eigenvalue weighted by molar-refractivity contribution is 0.282. The van der Waals surface area contributed by atoms with Gasteiger partial charge in [-0.05, 0) is 48.5 Å². The highest BCUT2D eigenvalue weighted by Crippen LogP contribution is 2.47. The molecule has 0 aliphatic carbocycles. The van der Waals surface area contributed by atoms with Crippen LogP contribution in [0.3, 0.4) is 0 Å². The number of sulfone groups is 2. The second kappa shape index (κ2) is 17.8. The highest BCUT2D eigenvalue weighted by Gasteiger charge is 2.26. The molecule has 6 N–H and O–H groups in total. The smallest absolute Gasteiger partial charge is 0.397 e. The van der Waals surface area contributed by atoms with E-state index in [4.69, 9.17) is 13.8 Å². The van der Waals surface area contributed by atoms with Crippen molar-refractivity contribution in [3.63, 3.8) is 0 Å². The molecule has 0 aliphatic rings. The number of rotatable bonds is 19. The first-order valence-electron chi connectivity index (χ1n) is 15.4. The van der Waals surface area contributed by atoms with Gasteiger partial charge in [0.25, 0.3) is 20.2 Å². The Morgan fingerprint density at radius 3 is 1.76 bits per heavy atom. The molecule has 31 heteroatoms. The fourth-order valence-corrected chi connectivity index (χ4v) is 8.92. The van der Waals surface area contributed by atoms with Crippen LogP contribution in [-0.2, 0) is 69.1 Å². The van der Waals surface area contributed by atoms with Gasteiger partial charge in [-0.25, -0.2) is 25.2 Å². The number of phenols is 1. The highest BCUT2D eigenvalue weighted by atomic mass is 32.3. The van der Waals surface area contributed by atoms with Crippen molar-refractivity contribution in [1.82, 2.24) is 0 Å². The molecule has 0 aromatic heterocycles. The van der Waals surface area contributed by atoms with Crippen LogP contribution >= 0.6 is 0 Å². The lowest BCUT2D eigenvalue weighted by Crippen LogP contribution is -2.15. The van der Waals surface area contributed by atoms with Gasteiger partial charge in [-0.3, -0.25) is 18.2 Å². The number of phenolic OH excluding ortho intramolecular Hbond substituents is 1. The van der Waals surface area contributed by atoms with Crippen molar-refractivity contribution in [3.8, 4) is 11.5 Å². The Labute approximate surface area is 335 Å². The Morgan fingerprint density at radius 2 is 1.19 bits per heavy atom. The van der Waals surface area contributed by atoms with Crippen LogP contribution in [0.1, 0.15) is 0 Å². The number of nitrogens with zero attached hydrogens (tertiary/aromatic N) is 4. The van der Waals surface area contributed by atoms with Crippen molar-refractivity contribution in [1.29, 1.82) is 0 Å². The molecular formula is C28H29N5O20S6. The molecule has 4 rings (SSSR count). The largest absolute Gasteiger partial charge is 0.505 e. The molecule has 0 aliphatic heterocycles. The molecule has 4 aromatic carbocycles.